The van der Waals surface area contributed by atoms with E-state index in [1.165, 1.54) is 4.88 Å². The zero-order valence-corrected chi connectivity index (χ0v) is 22.5. The van der Waals surface area contributed by atoms with Crippen LogP contribution in [0.15, 0.2) is 119 Å². The number of fused-ring (bicyclic) bond motifs is 1. The number of carbonyl (C=O) groups excluding carboxylic acids is 1. The number of nitrogens with zero attached hydrogens (tertiary/aromatic N) is 1. The lowest BCUT2D eigenvalue weighted by atomic mass is 9.74. The molecule has 0 spiro atoms. The number of benzene rings is 3. The van der Waals surface area contributed by atoms with Gasteiger partial charge in [0.1, 0.15) is 18.2 Å². The third-order valence-corrected chi connectivity index (χ3v) is 8.74. The number of anilines is 1. The molecule has 0 fully saturated rings. The number of aromatic nitrogens is 2. The second-order valence-electron chi connectivity index (χ2n) is 10.2. The van der Waals surface area contributed by atoms with Crippen molar-refractivity contribution < 1.29 is 9.53 Å². The molecule has 0 saturated heterocycles. The van der Waals surface area contributed by atoms with Gasteiger partial charge < -0.3 is 10.1 Å². The predicted molar refractivity (Wildman–Crippen MR) is 157 cm³/mol. The van der Waals surface area contributed by atoms with Crippen molar-refractivity contribution in [2.45, 2.75) is 31.3 Å². The summed E-state index contributed by atoms with van der Waals surface area (Å²) in [7, 11) is 0. The van der Waals surface area contributed by atoms with Gasteiger partial charge in [0.2, 0.25) is 0 Å². The number of aromatic amines is 1. The van der Waals surface area contributed by atoms with Crippen LogP contribution in [0, 0.1) is 0 Å². The topological polar surface area (TPSA) is 76.1 Å². The number of nitrogens with one attached hydrogen (secondary N) is 2. The first-order chi connectivity index (χ1) is 19.7. The third-order valence-electron chi connectivity index (χ3n) is 7.71. The summed E-state index contributed by atoms with van der Waals surface area (Å²) in [5, 5.41) is 8.81. The van der Waals surface area contributed by atoms with Crippen LogP contribution < -0.4 is 15.6 Å². The van der Waals surface area contributed by atoms with Gasteiger partial charge >= 0.3 is 0 Å². The molecule has 40 heavy (non-hydrogen) atoms. The van der Waals surface area contributed by atoms with Crippen molar-refractivity contribution in [2.24, 2.45) is 0 Å². The third kappa shape index (κ3) is 4.38. The first-order valence-corrected chi connectivity index (χ1v) is 14.3. The van der Waals surface area contributed by atoms with E-state index in [1.807, 2.05) is 91.0 Å². The average Bonchev–Trinajstić information content (AvgIpc) is 3.65. The van der Waals surface area contributed by atoms with E-state index >= 15 is 0 Å². The molecule has 1 aliphatic heterocycles. The van der Waals surface area contributed by atoms with Gasteiger partial charge in [-0.2, -0.15) is 0 Å². The molecular formula is C33H27N3O3S. The van der Waals surface area contributed by atoms with Crippen LogP contribution in [0.4, 0.5) is 5.82 Å². The number of Topliss-reactive ketones (excluding diaryl/α,β-unsaturated/α-hetero) is 1. The van der Waals surface area contributed by atoms with Crippen molar-refractivity contribution in [1.29, 1.82) is 0 Å². The molecule has 0 unspecified atom stereocenters. The Morgan fingerprint density at radius 2 is 1.60 bits per heavy atom. The minimum Gasteiger partial charge on any atom is -0.489 e. The number of ether oxygens (including phenoxy) is 1. The molecule has 3 heterocycles. The highest BCUT2D eigenvalue weighted by Gasteiger charge is 2.41. The first kappa shape index (κ1) is 24.4. The predicted octanol–water partition coefficient (Wildman–Crippen LogP) is 6.76. The summed E-state index contributed by atoms with van der Waals surface area (Å²) in [5.74, 6) is 1.11. The lowest BCUT2D eigenvalue weighted by Crippen LogP contribution is -2.31. The normalized spacial score (nSPS) is 18.1. The maximum absolute atomic E-state index is 13.9. The highest BCUT2D eigenvalue weighted by atomic mass is 32.1. The van der Waals surface area contributed by atoms with Gasteiger partial charge in [-0.25, -0.2) is 4.68 Å². The summed E-state index contributed by atoms with van der Waals surface area (Å²) in [6, 6.07) is 31.4. The van der Waals surface area contributed by atoms with Crippen LogP contribution in [0.5, 0.6) is 5.75 Å². The van der Waals surface area contributed by atoms with Gasteiger partial charge in [-0.05, 0) is 53.3 Å². The molecule has 0 bridgehead atoms. The second kappa shape index (κ2) is 10.2. The number of allylic oxidation sites excluding steroid dienone is 2. The van der Waals surface area contributed by atoms with Gasteiger partial charge in [0.15, 0.2) is 5.78 Å². The molecule has 7 rings (SSSR count). The van der Waals surface area contributed by atoms with E-state index in [-0.39, 0.29) is 17.3 Å². The smallest absolute Gasteiger partial charge is 0.277 e. The fourth-order valence-corrected chi connectivity index (χ4v) is 6.64. The van der Waals surface area contributed by atoms with Crippen LogP contribution in [0.25, 0.3) is 5.69 Å². The van der Waals surface area contributed by atoms with Gasteiger partial charge in [0, 0.05) is 34.4 Å². The highest BCUT2D eigenvalue weighted by molar-refractivity contribution is 7.10. The summed E-state index contributed by atoms with van der Waals surface area (Å²) >= 11 is 1.68. The number of H-pyrrole nitrogens is 1. The van der Waals surface area contributed by atoms with Gasteiger partial charge in [-0.15, -0.1) is 11.3 Å². The molecule has 0 saturated carbocycles. The number of thiophene rings is 1. The SMILES string of the molecule is O=C1C[C@@H](c2cccs2)CC2=C1[C@H](c1ccc(OCc3ccccc3)cc1)c1c([nH]n(-c3ccccc3)c1=O)N2. The minimum atomic E-state index is -0.472. The molecule has 3 aromatic carbocycles. The van der Waals surface area contributed by atoms with E-state index in [2.05, 4.69) is 21.9 Å². The number of carbonyl (C=O) groups is 1. The summed E-state index contributed by atoms with van der Waals surface area (Å²) < 4.78 is 7.57. The van der Waals surface area contributed by atoms with Crippen molar-refractivity contribution in [3.63, 3.8) is 0 Å². The van der Waals surface area contributed by atoms with E-state index in [0.29, 0.717) is 36.4 Å². The largest absolute Gasteiger partial charge is 0.489 e. The molecule has 2 atom stereocenters. The van der Waals surface area contributed by atoms with Crippen LogP contribution in [-0.4, -0.2) is 15.6 Å². The standard InChI is InChI=1S/C33H27N3O3S/c37-27-19-23(28-12-7-17-40-28)18-26-30(27)29(22-13-15-25(16-14-22)39-20-21-8-3-1-4-9-21)31-32(34-26)35-36(33(31)38)24-10-5-2-6-11-24/h1-17,23,29,34-35H,18-20H2/t23-,29-/m0/s1. The Morgan fingerprint density at radius 1 is 0.850 bits per heavy atom. The van der Waals surface area contributed by atoms with Crippen molar-refractivity contribution in [1.82, 2.24) is 9.78 Å². The molecule has 7 heteroatoms. The van der Waals surface area contributed by atoms with Crippen LogP contribution in [0.3, 0.4) is 0 Å². The number of hydrogen-bond donors (Lipinski definition) is 2. The molecular weight excluding hydrogens is 518 g/mol. The van der Waals surface area contributed by atoms with Crippen LogP contribution in [0.1, 0.15) is 46.2 Å². The van der Waals surface area contributed by atoms with Crippen LogP contribution in [0.2, 0.25) is 0 Å². The van der Waals surface area contributed by atoms with Crippen LogP contribution in [-0.2, 0) is 11.4 Å². The maximum Gasteiger partial charge on any atom is 0.277 e. The lowest BCUT2D eigenvalue weighted by Gasteiger charge is -2.34. The average molecular weight is 546 g/mol. The van der Waals surface area contributed by atoms with Crippen molar-refractivity contribution in [3.8, 4) is 11.4 Å². The van der Waals surface area contributed by atoms with E-state index in [1.54, 1.807) is 16.0 Å². The summed E-state index contributed by atoms with van der Waals surface area (Å²) in [6.45, 7) is 0.467. The summed E-state index contributed by atoms with van der Waals surface area (Å²) in [4.78, 5) is 28.9. The van der Waals surface area contributed by atoms with Gasteiger partial charge in [0.05, 0.1) is 11.3 Å². The highest BCUT2D eigenvalue weighted by Crippen LogP contribution is 2.47. The Kier molecular flexibility index (Phi) is 6.21. The molecule has 2 N–H and O–H groups in total. The fourth-order valence-electron chi connectivity index (χ4n) is 5.81. The number of ketones is 1. The van der Waals surface area contributed by atoms with Gasteiger partial charge in [-0.3, -0.25) is 14.7 Å². The monoisotopic (exact) mass is 545 g/mol. The molecule has 5 aromatic rings. The van der Waals surface area contributed by atoms with Gasteiger partial charge in [-0.1, -0.05) is 66.7 Å². The minimum absolute atomic E-state index is 0.0825. The Balaban J connectivity index is 1.28. The molecule has 198 valence electrons. The Hall–Kier alpha value is -4.62. The summed E-state index contributed by atoms with van der Waals surface area (Å²) in [5.41, 5.74) is 4.69. The summed E-state index contributed by atoms with van der Waals surface area (Å²) in [6.07, 6.45) is 1.15. The van der Waals surface area contributed by atoms with Crippen molar-refractivity contribution in [3.05, 3.63) is 146 Å². The fraction of sp³-hybridized carbons (Fsp3) is 0.152. The quantitative estimate of drug-likeness (QED) is 0.247. The molecule has 2 aromatic heterocycles. The molecule has 0 radical (unpaired) electrons. The Morgan fingerprint density at radius 3 is 2.33 bits per heavy atom. The number of para-hydroxylation sites is 1. The Bertz CT molecular complexity index is 1750. The van der Waals surface area contributed by atoms with Crippen molar-refractivity contribution in [2.75, 3.05) is 5.32 Å². The number of hydrogen-bond acceptors (Lipinski definition) is 5. The van der Waals surface area contributed by atoms with Gasteiger partial charge in [0.25, 0.3) is 5.56 Å². The van der Waals surface area contributed by atoms with E-state index in [4.69, 9.17) is 4.74 Å². The zero-order chi connectivity index (χ0) is 27.1. The lowest BCUT2D eigenvalue weighted by molar-refractivity contribution is -0.116. The molecule has 6 nitrogen and oxygen atoms in total. The Labute approximate surface area is 235 Å². The number of rotatable bonds is 6. The zero-order valence-electron chi connectivity index (χ0n) is 21.7. The van der Waals surface area contributed by atoms with E-state index in [9.17, 15) is 9.59 Å². The molecule has 2 aliphatic rings. The van der Waals surface area contributed by atoms with E-state index in [0.717, 1.165) is 28.3 Å². The van der Waals surface area contributed by atoms with Crippen LogP contribution >= 0.6 is 11.3 Å². The van der Waals surface area contributed by atoms with E-state index < -0.39 is 5.92 Å². The first-order valence-electron chi connectivity index (χ1n) is 13.4. The maximum atomic E-state index is 13.9. The van der Waals surface area contributed by atoms with Crippen molar-refractivity contribution >= 4 is 22.9 Å². The second-order valence-corrected chi connectivity index (χ2v) is 11.2. The molecule has 1 aliphatic carbocycles. The molecule has 0 amide bonds.